The molecule has 90 valence electrons. The van der Waals surface area contributed by atoms with E-state index in [1.165, 1.54) is 4.90 Å². The maximum absolute atomic E-state index is 11.0. The van der Waals surface area contributed by atoms with E-state index in [1.54, 1.807) is 6.20 Å². The van der Waals surface area contributed by atoms with Crippen LogP contribution < -0.4 is 5.73 Å². The van der Waals surface area contributed by atoms with Crippen molar-refractivity contribution in [2.24, 2.45) is 0 Å². The smallest absolute Gasteiger partial charge is 0.407 e. The Hall–Kier alpha value is -1.72. The summed E-state index contributed by atoms with van der Waals surface area (Å²) in [7, 11) is 0. The number of nitrogens with two attached hydrogens (primary N) is 1. The Bertz CT molecular complexity index is 367. The number of aromatic amines is 1. The van der Waals surface area contributed by atoms with Crippen molar-refractivity contribution in [3.63, 3.8) is 0 Å². The zero-order chi connectivity index (χ0) is 12.3. The molecule has 1 aromatic rings. The fourth-order valence-electron chi connectivity index (χ4n) is 1.45. The van der Waals surface area contributed by atoms with Gasteiger partial charge in [-0.3, -0.25) is 0 Å². The number of carbonyl (C=O) groups is 1. The summed E-state index contributed by atoms with van der Waals surface area (Å²) in [4.78, 5) is 19.2. The molecule has 0 aliphatic carbocycles. The number of rotatable bonds is 3. The van der Waals surface area contributed by atoms with Gasteiger partial charge in [-0.15, -0.1) is 0 Å². The summed E-state index contributed by atoms with van der Waals surface area (Å²) >= 11 is 0. The second-order valence-electron chi connectivity index (χ2n) is 4.65. The van der Waals surface area contributed by atoms with Gasteiger partial charge in [-0.2, -0.15) is 0 Å². The number of nitrogens with zero attached hydrogens (tertiary/aromatic N) is 2. The van der Waals surface area contributed by atoms with Crippen LogP contribution in [0.15, 0.2) is 6.20 Å². The van der Waals surface area contributed by atoms with Gasteiger partial charge in [0.2, 0.25) is 0 Å². The lowest BCUT2D eigenvalue weighted by atomic mass is 10.1. The number of amides is 1. The van der Waals surface area contributed by atoms with E-state index in [0.29, 0.717) is 18.9 Å². The first-order valence-corrected chi connectivity index (χ1v) is 5.10. The minimum Gasteiger partial charge on any atom is -0.465 e. The second kappa shape index (κ2) is 4.42. The van der Waals surface area contributed by atoms with Crippen LogP contribution in [0.2, 0.25) is 0 Å². The molecule has 16 heavy (non-hydrogen) atoms. The molecule has 1 amide bonds. The van der Waals surface area contributed by atoms with Crippen LogP contribution in [0, 0.1) is 0 Å². The lowest BCUT2D eigenvalue weighted by Gasteiger charge is -2.33. The molecule has 6 nitrogen and oxygen atoms in total. The Balaban J connectivity index is 2.61. The van der Waals surface area contributed by atoms with Crippen molar-refractivity contribution in [3.8, 4) is 0 Å². The second-order valence-corrected chi connectivity index (χ2v) is 4.65. The highest BCUT2D eigenvalue weighted by Crippen LogP contribution is 2.14. The molecule has 1 aromatic heterocycles. The Labute approximate surface area is 94.5 Å². The molecule has 0 atom stereocenters. The summed E-state index contributed by atoms with van der Waals surface area (Å²) in [6.07, 6.45) is 1.28. The van der Waals surface area contributed by atoms with Crippen molar-refractivity contribution >= 4 is 12.0 Å². The van der Waals surface area contributed by atoms with E-state index < -0.39 is 11.6 Å². The number of imidazole rings is 1. The summed E-state index contributed by atoms with van der Waals surface area (Å²) in [6, 6.07) is 0. The SMILES string of the molecule is CC(C)(C)N(CCc1cnc(N)[nH]1)C(=O)O. The fraction of sp³-hybridized carbons (Fsp3) is 0.600. The minimum absolute atomic E-state index is 0.354. The number of carboxylic acid groups (broad SMARTS) is 1. The number of anilines is 1. The minimum atomic E-state index is -0.917. The van der Waals surface area contributed by atoms with Crippen LogP contribution in [0.1, 0.15) is 26.5 Å². The molecule has 0 saturated carbocycles. The molecule has 0 unspecified atom stereocenters. The summed E-state index contributed by atoms with van der Waals surface area (Å²) < 4.78 is 0. The van der Waals surface area contributed by atoms with E-state index in [-0.39, 0.29) is 0 Å². The Kier molecular flexibility index (Phi) is 3.41. The van der Waals surface area contributed by atoms with Gasteiger partial charge in [-0.25, -0.2) is 9.78 Å². The van der Waals surface area contributed by atoms with Crippen molar-refractivity contribution in [1.29, 1.82) is 0 Å². The van der Waals surface area contributed by atoms with Gasteiger partial charge in [-0.1, -0.05) is 0 Å². The standard InChI is InChI=1S/C10H18N4O2/c1-10(2,3)14(9(15)16)5-4-7-6-12-8(11)13-7/h6H,4-5H2,1-3H3,(H,15,16)(H3,11,12,13). The molecule has 0 fully saturated rings. The Morgan fingerprint density at radius 2 is 2.25 bits per heavy atom. The van der Waals surface area contributed by atoms with Gasteiger partial charge in [0.05, 0.1) is 6.20 Å². The van der Waals surface area contributed by atoms with Gasteiger partial charge in [0.15, 0.2) is 5.95 Å². The van der Waals surface area contributed by atoms with Gasteiger partial charge >= 0.3 is 6.09 Å². The molecule has 0 aliphatic rings. The van der Waals surface area contributed by atoms with E-state index in [2.05, 4.69) is 9.97 Å². The molecule has 1 heterocycles. The first-order valence-electron chi connectivity index (χ1n) is 5.10. The van der Waals surface area contributed by atoms with Gasteiger partial charge in [0.25, 0.3) is 0 Å². The molecule has 0 spiro atoms. The number of nitrogens with one attached hydrogen (secondary N) is 1. The van der Waals surface area contributed by atoms with Crippen LogP contribution in [-0.4, -0.2) is 38.2 Å². The molecule has 0 aromatic carbocycles. The lowest BCUT2D eigenvalue weighted by molar-refractivity contribution is 0.101. The maximum atomic E-state index is 11.0. The molecular weight excluding hydrogens is 208 g/mol. The highest BCUT2D eigenvalue weighted by molar-refractivity contribution is 5.66. The van der Waals surface area contributed by atoms with Crippen molar-refractivity contribution < 1.29 is 9.90 Å². The van der Waals surface area contributed by atoms with E-state index in [4.69, 9.17) is 10.8 Å². The summed E-state index contributed by atoms with van der Waals surface area (Å²) in [5.41, 5.74) is 5.87. The van der Waals surface area contributed by atoms with Gasteiger partial charge in [-0.05, 0) is 20.8 Å². The first kappa shape index (κ1) is 12.4. The lowest BCUT2D eigenvalue weighted by Crippen LogP contribution is -2.45. The number of nitrogen functional groups attached to an aromatic ring is 1. The zero-order valence-corrected chi connectivity index (χ0v) is 9.82. The third-order valence-corrected chi connectivity index (χ3v) is 2.29. The summed E-state index contributed by atoms with van der Waals surface area (Å²) in [5, 5.41) is 9.07. The molecule has 6 heteroatoms. The molecule has 0 radical (unpaired) electrons. The van der Waals surface area contributed by atoms with E-state index >= 15 is 0 Å². The average molecular weight is 226 g/mol. The van der Waals surface area contributed by atoms with Crippen molar-refractivity contribution in [3.05, 3.63) is 11.9 Å². The van der Waals surface area contributed by atoms with Crippen LogP contribution >= 0.6 is 0 Å². The monoisotopic (exact) mass is 226 g/mol. The van der Waals surface area contributed by atoms with Crippen molar-refractivity contribution in [2.75, 3.05) is 12.3 Å². The third-order valence-electron chi connectivity index (χ3n) is 2.29. The largest absolute Gasteiger partial charge is 0.465 e. The number of aromatic nitrogens is 2. The average Bonchev–Trinajstić information content (AvgIpc) is 2.48. The normalized spacial score (nSPS) is 11.4. The van der Waals surface area contributed by atoms with Crippen LogP contribution in [0.3, 0.4) is 0 Å². The van der Waals surface area contributed by atoms with E-state index in [9.17, 15) is 4.79 Å². The van der Waals surface area contributed by atoms with Crippen molar-refractivity contribution in [1.82, 2.24) is 14.9 Å². The quantitative estimate of drug-likeness (QED) is 0.724. The highest BCUT2D eigenvalue weighted by atomic mass is 16.4. The molecular formula is C10H18N4O2. The third kappa shape index (κ3) is 3.15. The number of hydrogen-bond donors (Lipinski definition) is 3. The molecule has 1 rings (SSSR count). The fourth-order valence-corrected chi connectivity index (χ4v) is 1.45. The Morgan fingerprint density at radius 3 is 2.62 bits per heavy atom. The van der Waals surface area contributed by atoms with Gasteiger partial charge in [0.1, 0.15) is 0 Å². The van der Waals surface area contributed by atoms with E-state index in [1.807, 2.05) is 20.8 Å². The number of H-pyrrole nitrogens is 1. The highest BCUT2D eigenvalue weighted by Gasteiger charge is 2.25. The molecule has 4 N–H and O–H groups in total. The molecule has 0 saturated heterocycles. The van der Waals surface area contributed by atoms with Crippen LogP contribution in [0.4, 0.5) is 10.7 Å². The summed E-state index contributed by atoms with van der Waals surface area (Å²) in [5.74, 6) is 0.354. The predicted octanol–water partition coefficient (Wildman–Crippen LogP) is 1.31. The number of hydrogen-bond acceptors (Lipinski definition) is 3. The predicted molar refractivity (Wildman–Crippen MR) is 61.2 cm³/mol. The van der Waals surface area contributed by atoms with Crippen LogP contribution in [0.5, 0.6) is 0 Å². The Morgan fingerprint density at radius 1 is 1.62 bits per heavy atom. The van der Waals surface area contributed by atoms with Crippen LogP contribution in [-0.2, 0) is 6.42 Å². The summed E-state index contributed by atoms with van der Waals surface area (Å²) in [6.45, 7) is 6.01. The molecule has 0 aliphatic heterocycles. The van der Waals surface area contributed by atoms with Crippen molar-refractivity contribution in [2.45, 2.75) is 32.7 Å². The van der Waals surface area contributed by atoms with Gasteiger partial charge < -0.3 is 20.7 Å². The van der Waals surface area contributed by atoms with Crippen LogP contribution in [0.25, 0.3) is 0 Å². The topological polar surface area (TPSA) is 95.2 Å². The zero-order valence-electron chi connectivity index (χ0n) is 9.82. The molecule has 0 bridgehead atoms. The first-order chi connectivity index (χ1) is 7.30. The van der Waals surface area contributed by atoms with Gasteiger partial charge in [0, 0.05) is 24.2 Å². The maximum Gasteiger partial charge on any atom is 0.407 e. The van der Waals surface area contributed by atoms with E-state index in [0.717, 1.165) is 5.69 Å².